The number of rotatable bonds is 4. The number of hydrogen-bond acceptors (Lipinski definition) is 2. The van der Waals surface area contributed by atoms with E-state index in [0.717, 1.165) is 30.3 Å². The molecular formula is C19H17NOS. The number of amides is 1. The summed E-state index contributed by atoms with van der Waals surface area (Å²) >= 11 is 1.69. The monoisotopic (exact) mass is 307 g/mol. The van der Waals surface area contributed by atoms with E-state index in [4.69, 9.17) is 0 Å². The zero-order valence-electron chi connectivity index (χ0n) is 12.2. The maximum Gasteiger partial charge on any atom is 0.254 e. The lowest BCUT2D eigenvalue weighted by atomic mass is 10.1. The lowest BCUT2D eigenvalue weighted by molar-refractivity contribution is 0.0730. The molecule has 0 unspecified atom stereocenters. The van der Waals surface area contributed by atoms with Crippen molar-refractivity contribution >= 4 is 28.0 Å². The number of carbonyl (C=O) groups excluding carboxylic acids is 1. The lowest BCUT2D eigenvalue weighted by Crippen LogP contribution is -2.32. The molecule has 0 N–H and O–H groups in total. The highest BCUT2D eigenvalue weighted by Gasteiger charge is 2.33. The molecule has 1 aromatic heterocycles. The van der Waals surface area contributed by atoms with Crippen LogP contribution in [0.5, 0.6) is 0 Å². The topological polar surface area (TPSA) is 20.3 Å². The molecule has 0 radical (unpaired) electrons. The van der Waals surface area contributed by atoms with Crippen molar-refractivity contribution in [3.63, 3.8) is 0 Å². The summed E-state index contributed by atoms with van der Waals surface area (Å²) in [5.41, 5.74) is 2.02. The quantitative estimate of drug-likeness (QED) is 0.684. The Morgan fingerprint density at radius 1 is 1.09 bits per heavy atom. The smallest absolute Gasteiger partial charge is 0.254 e. The summed E-state index contributed by atoms with van der Waals surface area (Å²) < 4.78 is 0. The minimum atomic E-state index is 0.152. The van der Waals surface area contributed by atoms with Gasteiger partial charge in [-0.1, -0.05) is 30.3 Å². The average molecular weight is 307 g/mol. The van der Waals surface area contributed by atoms with Crippen molar-refractivity contribution in [1.82, 2.24) is 4.90 Å². The summed E-state index contributed by atoms with van der Waals surface area (Å²) in [6.07, 6.45) is 2.26. The van der Waals surface area contributed by atoms with E-state index in [-0.39, 0.29) is 5.91 Å². The Balaban J connectivity index is 1.64. The fourth-order valence-corrected chi connectivity index (χ4v) is 3.48. The number of thiophene rings is 1. The molecule has 2 nitrogen and oxygen atoms in total. The van der Waals surface area contributed by atoms with Crippen molar-refractivity contribution in [3.05, 3.63) is 70.4 Å². The van der Waals surface area contributed by atoms with E-state index in [1.807, 2.05) is 35.2 Å². The molecule has 0 atom stereocenters. The summed E-state index contributed by atoms with van der Waals surface area (Å²) in [7, 11) is 0. The molecule has 1 aliphatic carbocycles. The SMILES string of the molecule is O=C(c1ccc2ccccc2c1)N(Cc1ccsc1)C1CC1. The predicted molar refractivity (Wildman–Crippen MR) is 91.2 cm³/mol. The number of fused-ring (bicyclic) bond motifs is 1. The van der Waals surface area contributed by atoms with Crippen molar-refractivity contribution in [1.29, 1.82) is 0 Å². The van der Waals surface area contributed by atoms with Gasteiger partial charge in [0, 0.05) is 18.2 Å². The highest BCUT2D eigenvalue weighted by atomic mass is 32.1. The molecule has 1 fully saturated rings. The first kappa shape index (κ1) is 13.5. The first-order valence-electron chi connectivity index (χ1n) is 7.62. The largest absolute Gasteiger partial charge is 0.331 e. The van der Waals surface area contributed by atoms with Gasteiger partial charge in [-0.2, -0.15) is 11.3 Å². The average Bonchev–Trinajstić information content (AvgIpc) is 3.27. The van der Waals surface area contributed by atoms with Gasteiger partial charge in [0.15, 0.2) is 0 Å². The molecule has 0 aliphatic heterocycles. The molecule has 3 heteroatoms. The van der Waals surface area contributed by atoms with Crippen molar-refractivity contribution in [2.24, 2.45) is 0 Å². The Labute approximate surface area is 134 Å². The molecule has 4 rings (SSSR count). The van der Waals surface area contributed by atoms with Crippen molar-refractivity contribution < 1.29 is 4.79 Å². The molecule has 1 heterocycles. The summed E-state index contributed by atoms with van der Waals surface area (Å²) in [5.74, 6) is 0.152. The second kappa shape index (κ2) is 5.58. The molecule has 1 saturated carbocycles. The lowest BCUT2D eigenvalue weighted by Gasteiger charge is -2.22. The highest BCUT2D eigenvalue weighted by Crippen LogP contribution is 2.30. The zero-order chi connectivity index (χ0) is 14.9. The zero-order valence-corrected chi connectivity index (χ0v) is 13.1. The first-order valence-corrected chi connectivity index (χ1v) is 8.56. The Morgan fingerprint density at radius 2 is 1.91 bits per heavy atom. The molecule has 22 heavy (non-hydrogen) atoms. The third-order valence-corrected chi connectivity index (χ3v) is 4.91. The van der Waals surface area contributed by atoms with Crippen LogP contribution >= 0.6 is 11.3 Å². The minimum Gasteiger partial charge on any atom is -0.331 e. The van der Waals surface area contributed by atoms with Crippen LogP contribution in [0.3, 0.4) is 0 Å². The number of hydrogen-bond donors (Lipinski definition) is 0. The molecule has 3 aromatic rings. The van der Waals surface area contributed by atoms with Gasteiger partial charge >= 0.3 is 0 Å². The summed E-state index contributed by atoms with van der Waals surface area (Å²) in [4.78, 5) is 15.0. The van der Waals surface area contributed by atoms with E-state index in [1.54, 1.807) is 11.3 Å². The Bertz CT molecular complexity index is 805. The molecule has 1 aliphatic rings. The van der Waals surface area contributed by atoms with Crippen LogP contribution in [-0.2, 0) is 6.54 Å². The third-order valence-electron chi connectivity index (χ3n) is 4.18. The van der Waals surface area contributed by atoms with Crippen LogP contribution in [0.1, 0.15) is 28.8 Å². The molecule has 0 bridgehead atoms. The van der Waals surface area contributed by atoms with Gasteiger partial charge in [-0.25, -0.2) is 0 Å². The van der Waals surface area contributed by atoms with Gasteiger partial charge in [-0.15, -0.1) is 0 Å². The first-order chi connectivity index (χ1) is 10.8. The Morgan fingerprint density at radius 3 is 2.64 bits per heavy atom. The van der Waals surface area contributed by atoms with Crippen LogP contribution in [0.25, 0.3) is 10.8 Å². The van der Waals surface area contributed by atoms with Crippen LogP contribution < -0.4 is 0 Å². The van der Waals surface area contributed by atoms with Crippen molar-refractivity contribution in [2.75, 3.05) is 0 Å². The summed E-state index contributed by atoms with van der Waals surface area (Å²) in [5, 5.41) is 6.50. The molecule has 0 saturated heterocycles. The van der Waals surface area contributed by atoms with Crippen LogP contribution in [0, 0.1) is 0 Å². The van der Waals surface area contributed by atoms with E-state index in [1.165, 1.54) is 10.9 Å². The third kappa shape index (κ3) is 2.64. The number of benzene rings is 2. The van der Waals surface area contributed by atoms with Gasteiger partial charge < -0.3 is 4.90 Å². The Kier molecular flexibility index (Phi) is 3.43. The van der Waals surface area contributed by atoms with Gasteiger partial charge in [-0.05, 0) is 58.1 Å². The van der Waals surface area contributed by atoms with E-state index in [2.05, 4.69) is 29.0 Å². The van der Waals surface area contributed by atoms with Gasteiger partial charge in [-0.3, -0.25) is 4.79 Å². The van der Waals surface area contributed by atoms with Crippen molar-refractivity contribution in [2.45, 2.75) is 25.4 Å². The predicted octanol–water partition coefficient (Wildman–Crippen LogP) is 4.71. The summed E-state index contributed by atoms with van der Waals surface area (Å²) in [6.45, 7) is 0.722. The van der Waals surface area contributed by atoms with Gasteiger partial charge in [0.2, 0.25) is 0 Å². The van der Waals surface area contributed by atoms with E-state index >= 15 is 0 Å². The molecular weight excluding hydrogens is 290 g/mol. The Hall–Kier alpha value is -2.13. The van der Waals surface area contributed by atoms with Crippen LogP contribution in [-0.4, -0.2) is 16.8 Å². The van der Waals surface area contributed by atoms with Crippen molar-refractivity contribution in [3.8, 4) is 0 Å². The van der Waals surface area contributed by atoms with Gasteiger partial charge in [0.05, 0.1) is 0 Å². The number of nitrogens with zero attached hydrogens (tertiary/aromatic N) is 1. The minimum absolute atomic E-state index is 0.152. The summed E-state index contributed by atoms with van der Waals surface area (Å²) in [6, 6.07) is 16.7. The maximum absolute atomic E-state index is 12.9. The number of carbonyl (C=O) groups is 1. The molecule has 0 spiro atoms. The molecule has 110 valence electrons. The molecule has 2 aromatic carbocycles. The highest BCUT2D eigenvalue weighted by molar-refractivity contribution is 7.07. The van der Waals surface area contributed by atoms with Crippen LogP contribution in [0.15, 0.2) is 59.3 Å². The van der Waals surface area contributed by atoms with E-state index in [9.17, 15) is 4.79 Å². The fourth-order valence-electron chi connectivity index (χ4n) is 2.82. The van der Waals surface area contributed by atoms with E-state index < -0.39 is 0 Å². The van der Waals surface area contributed by atoms with Crippen LogP contribution in [0.2, 0.25) is 0 Å². The fraction of sp³-hybridized carbons (Fsp3) is 0.211. The van der Waals surface area contributed by atoms with Gasteiger partial charge in [0.25, 0.3) is 5.91 Å². The van der Waals surface area contributed by atoms with E-state index in [0.29, 0.717) is 6.04 Å². The normalized spacial score (nSPS) is 14.2. The van der Waals surface area contributed by atoms with Crippen LogP contribution in [0.4, 0.5) is 0 Å². The van der Waals surface area contributed by atoms with Gasteiger partial charge in [0.1, 0.15) is 0 Å². The maximum atomic E-state index is 12.9. The molecule has 1 amide bonds. The second-order valence-electron chi connectivity index (χ2n) is 5.86. The second-order valence-corrected chi connectivity index (χ2v) is 6.64. The standard InChI is InChI=1S/C19H17NOS/c21-19(17-6-5-15-3-1-2-4-16(15)11-17)20(18-7-8-18)12-14-9-10-22-13-14/h1-6,9-11,13,18H,7-8,12H2.